The van der Waals surface area contributed by atoms with Gasteiger partial charge in [-0.3, -0.25) is 4.79 Å². The van der Waals surface area contributed by atoms with Crippen molar-refractivity contribution >= 4 is 29.9 Å². The predicted octanol–water partition coefficient (Wildman–Crippen LogP) is 3.94. The number of ether oxygens (including phenoxy) is 2. The van der Waals surface area contributed by atoms with E-state index in [1.165, 1.54) is 0 Å². The highest BCUT2D eigenvalue weighted by Crippen LogP contribution is 2.16. The van der Waals surface area contributed by atoms with Gasteiger partial charge in [-0.05, 0) is 64.0 Å². The summed E-state index contributed by atoms with van der Waals surface area (Å²) in [5.41, 5.74) is 0.347. The molecular formula is C24H37N3O5S. The third-order valence-corrected chi connectivity index (χ3v) is 5.85. The molecule has 1 saturated heterocycles. The Morgan fingerprint density at radius 1 is 1.15 bits per heavy atom. The van der Waals surface area contributed by atoms with E-state index in [1.807, 2.05) is 57.4 Å². The molecule has 1 aliphatic rings. The maximum atomic E-state index is 12.9. The quantitative estimate of drug-likeness (QED) is 0.521. The number of carbonyl (C=O) groups excluding carboxylic acids is 3. The number of amides is 3. The van der Waals surface area contributed by atoms with Crippen molar-refractivity contribution in [2.75, 3.05) is 25.1 Å². The van der Waals surface area contributed by atoms with Gasteiger partial charge in [0.15, 0.2) is 0 Å². The topological polar surface area (TPSA) is 97.0 Å². The number of nitrogens with one attached hydrogen (secondary N) is 2. The zero-order valence-corrected chi connectivity index (χ0v) is 20.9. The number of hydrogen-bond acceptors (Lipinski definition) is 6. The molecule has 0 aromatic heterocycles. The lowest BCUT2D eigenvalue weighted by Crippen LogP contribution is -2.53. The van der Waals surface area contributed by atoms with Gasteiger partial charge in [0.05, 0.1) is 0 Å². The first-order chi connectivity index (χ1) is 15.7. The second-order valence-electron chi connectivity index (χ2n) is 9.14. The number of thioether (sulfide) groups is 1. The Hall–Kier alpha value is -2.42. The van der Waals surface area contributed by atoms with E-state index in [0.29, 0.717) is 32.4 Å². The molecule has 0 aliphatic carbocycles. The van der Waals surface area contributed by atoms with Gasteiger partial charge in [0.1, 0.15) is 18.2 Å². The van der Waals surface area contributed by atoms with Crippen molar-refractivity contribution in [2.24, 2.45) is 0 Å². The molecule has 1 fully saturated rings. The number of alkyl carbamates (subject to hydrolysis) is 1. The average molecular weight is 480 g/mol. The van der Waals surface area contributed by atoms with E-state index >= 15 is 0 Å². The van der Waals surface area contributed by atoms with Gasteiger partial charge in [-0.15, -0.1) is 0 Å². The Bertz CT molecular complexity index is 761. The fourth-order valence-electron chi connectivity index (χ4n) is 3.44. The van der Waals surface area contributed by atoms with Crippen molar-refractivity contribution in [3.05, 3.63) is 35.9 Å². The number of nitrogens with zero attached hydrogens (tertiary/aromatic N) is 1. The Labute approximate surface area is 201 Å². The second-order valence-corrected chi connectivity index (χ2v) is 10.1. The summed E-state index contributed by atoms with van der Waals surface area (Å²) in [6, 6.07) is 8.69. The third kappa shape index (κ3) is 10.4. The highest BCUT2D eigenvalue weighted by atomic mass is 32.2. The van der Waals surface area contributed by atoms with Gasteiger partial charge >= 0.3 is 12.2 Å². The molecule has 2 N–H and O–H groups in total. The summed E-state index contributed by atoms with van der Waals surface area (Å²) in [7, 11) is 0. The fourth-order valence-corrected chi connectivity index (χ4v) is 3.90. The molecule has 0 spiro atoms. The Morgan fingerprint density at radius 2 is 1.82 bits per heavy atom. The normalized spacial score (nSPS) is 15.5. The Morgan fingerprint density at radius 3 is 2.42 bits per heavy atom. The summed E-state index contributed by atoms with van der Waals surface area (Å²) in [5, 5.41) is 5.76. The minimum Gasteiger partial charge on any atom is -0.445 e. The number of rotatable bonds is 9. The molecule has 1 aliphatic heterocycles. The van der Waals surface area contributed by atoms with Gasteiger partial charge in [0.2, 0.25) is 5.91 Å². The van der Waals surface area contributed by atoms with Crippen molar-refractivity contribution in [1.29, 1.82) is 0 Å². The number of benzene rings is 1. The molecule has 184 valence electrons. The van der Waals surface area contributed by atoms with Crippen LogP contribution in [0.3, 0.4) is 0 Å². The summed E-state index contributed by atoms with van der Waals surface area (Å²) in [6.45, 7) is 6.70. The standard InChI is InChI=1S/C24H37N3O5S/c1-24(2,3)32-23(30)27-14-12-19(13-15-27)25-21(28)20(11-8-16-33-4)26-22(29)31-17-18-9-6-5-7-10-18/h5-7,9-10,19-20H,8,11-17H2,1-4H3,(H,25,28)(H,26,29)/t20-/m0/s1. The van der Waals surface area contributed by atoms with Gasteiger partial charge in [-0.25, -0.2) is 9.59 Å². The molecular weight excluding hydrogens is 442 g/mol. The lowest BCUT2D eigenvalue weighted by atomic mass is 10.0. The Kier molecular flexibility index (Phi) is 10.8. The SMILES string of the molecule is CSCCC[C@H](NC(=O)OCc1ccccc1)C(=O)NC1CCN(C(=O)OC(C)(C)C)CC1. The van der Waals surface area contributed by atoms with Crippen LogP contribution in [0, 0.1) is 0 Å². The molecule has 3 amide bonds. The van der Waals surface area contributed by atoms with E-state index in [-0.39, 0.29) is 24.6 Å². The van der Waals surface area contributed by atoms with Gasteiger partial charge < -0.3 is 25.0 Å². The Balaban J connectivity index is 1.83. The molecule has 0 radical (unpaired) electrons. The van der Waals surface area contributed by atoms with E-state index in [4.69, 9.17) is 9.47 Å². The lowest BCUT2D eigenvalue weighted by Gasteiger charge is -2.34. The van der Waals surface area contributed by atoms with Crippen LogP contribution in [0.4, 0.5) is 9.59 Å². The number of hydrogen-bond donors (Lipinski definition) is 2. The monoisotopic (exact) mass is 479 g/mol. The van der Waals surface area contributed by atoms with Crippen molar-refractivity contribution in [2.45, 2.75) is 70.7 Å². The molecule has 0 saturated carbocycles. The van der Waals surface area contributed by atoms with Crippen LogP contribution >= 0.6 is 11.8 Å². The van der Waals surface area contributed by atoms with Crippen molar-refractivity contribution < 1.29 is 23.9 Å². The molecule has 1 aromatic rings. The summed E-state index contributed by atoms with van der Waals surface area (Å²) < 4.78 is 10.7. The highest BCUT2D eigenvalue weighted by Gasteiger charge is 2.29. The summed E-state index contributed by atoms with van der Waals surface area (Å²) in [5.74, 6) is 0.683. The zero-order valence-electron chi connectivity index (χ0n) is 20.1. The van der Waals surface area contributed by atoms with Crippen LogP contribution < -0.4 is 10.6 Å². The van der Waals surface area contributed by atoms with Gasteiger partial charge in [0.25, 0.3) is 0 Å². The lowest BCUT2D eigenvalue weighted by molar-refractivity contribution is -0.124. The van der Waals surface area contributed by atoms with Crippen LogP contribution in [-0.2, 0) is 20.9 Å². The van der Waals surface area contributed by atoms with Crippen LogP contribution in [-0.4, -0.2) is 65.8 Å². The first kappa shape index (κ1) is 26.8. The summed E-state index contributed by atoms with van der Waals surface area (Å²) >= 11 is 1.70. The largest absolute Gasteiger partial charge is 0.445 e. The summed E-state index contributed by atoms with van der Waals surface area (Å²) in [6.07, 6.45) is 3.68. The second kappa shape index (κ2) is 13.3. The van der Waals surface area contributed by atoms with Crippen molar-refractivity contribution in [3.63, 3.8) is 0 Å². The number of carbonyl (C=O) groups is 3. The van der Waals surface area contributed by atoms with E-state index in [1.54, 1.807) is 16.7 Å². The van der Waals surface area contributed by atoms with Gasteiger partial charge in [-0.2, -0.15) is 11.8 Å². The van der Waals surface area contributed by atoms with Crippen LogP contribution in [0.1, 0.15) is 52.0 Å². The number of piperidine rings is 1. The van der Waals surface area contributed by atoms with Crippen molar-refractivity contribution in [3.8, 4) is 0 Å². The fraction of sp³-hybridized carbons (Fsp3) is 0.625. The van der Waals surface area contributed by atoms with E-state index in [2.05, 4.69) is 10.6 Å². The van der Waals surface area contributed by atoms with Crippen LogP contribution in [0.15, 0.2) is 30.3 Å². The maximum absolute atomic E-state index is 12.9. The number of likely N-dealkylation sites (tertiary alicyclic amines) is 1. The molecule has 0 bridgehead atoms. The highest BCUT2D eigenvalue weighted by molar-refractivity contribution is 7.98. The van der Waals surface area contributed by atoms with Crippen LogP contribution in [0.5, 0.6) is 0 Å². The van der Waals surface area contributed by atoms with Gasteiger partial charge in [-0.1, -0.05) is 30.3 Å². The minimum atomic E-state index is -0.663. The molecule has 1 heterocycles. The van der Waals surface area contributed by atoms with E-state index in [9.17, 15) is 14.4 Å². The van der Waals surface area contributed by atoms with Crippen LogP contribution in [0.2, 0.25) is 0 Å². The molecule has 0 unspecified atom stereocenters. The minimum absolute atomic E-state index is 0.0543. The first-order valence-corrected chi connectivity index (χ1v) is 12.8. The third-order valence-electron chi connectivity index (χ3n) is 5.16. The average Bonchev–Trinajstić information content (AvgIpc) is 2.77. The zero-order chi connectivity index (χ0) is 24.3. The van der Waals surface area contributed by atoms with E-state index < -0.39 is 17.7 Å². The molecule has 8 nitrogen and oxygen atoms in total. The van der Waals surface area contributed by atoms with Crippen molar-refractivity contribution in [1.82, 2.24) is 15.5 Å². The molecule has 33 heavy (non-hydrogen) atoms. The maximum Gasteiger partial charge on any atom is 0.410 e. The smallest absolute Gasteiger partial charge is 0.410 e. The molecule has 1 aromatic carbocycles. The van der Waals surface area contributed by atoms with Crippen LogP contribution in [0.25, 0.3) is 0 Å². The van der Waals surface area contributed by atoms with Gasteiger partial charge in [0, 0.05) is 19.1 Å². The molecule has 2 rings (SSSR count). The summed E-state index contributed by atoms with van der Waals surface area (Å²) in [4.78, 5) is 39.1. The predicted molar refractivity (Wildman–Crippen MR) is 130 cm³/mol. The molecule has 9 heteroatoms. The molecule has 1 atom stereocenters. The first-order valence-electron chi connectivity index (χ1n) is 11.4. The van der Waals surface area contributed by atoms with E-state index in [0.717, 1.165) is 17.7 Å².